The van der Waals surface area contributed by atoms with E-state index in [4.69, 9.17) is 0 Å². The SMILES string of the molecule is CN1C2C=C(c3ccc(-c4ccccc4)s3)CC1CCC2. The van der Waals surface area contributed by atoms with Crippen LogP contribution in [0, 0.1) is 0 Å². The van der Waals surface area contributed by atoms with Crippen LogP contribution in [0.2, 0.25) is 0 Å². The minimum absolute atomic E-state index is 0.662. The van der Waals surface area contributed by atoms with Gasteiger partial charge in [-0.05, 0) is 49.6 Å². The first-order valence-electron chi connectivity index (χ1n) is 7.89. The van der Waals surface area contributed by atoms with Gasteiger partial charge in [-0.15, -0.1) is 11.3 Å². The van der Waals surface area contributed by atoms with Crippen LogP contribution in [0.25, 0.3) is 16.0 Å². The van der Waals surface area contributed by atoms with Gasteiger partial charge < -0.3 is 0 Å². The molecule has 1 nitrogen and oxygen atoms in total. The second-order valence-electron chi connectivity index (χ2n) is 6.24. The highest BCUT2D eigenvalue weighted by atomic mass is 32.1. The highest BCUT2D eigenvalue weighted by Crippen LogP contribution is 2.39. The van der Waals surface area contributed by atoms with Crippen LogP contribution < -0.4 is 0 Å². The van der Waals surface area contributed by atoms with E-state index < -0.39 is 0 Å². The Hall–Kier alpha value is -1.38. The molecule has 2 atom stereocenters. The molecule has 2 aromatic rings. The molecule has 2 bridgehead atoms. The Labute approximate surface area is 130 Å². The van der Waals surface area contributed by atoms with Gasteiger partial charge in [0.2, 0.25) is 0 Å². The molecule has 2 aliphatic rings. The summed E-state index contributed by atoms with van der Waals surface area (Å²) in [5, 5.41) is 0. The van der Waals surface area contributed by atoms with Crippen molar-refractivity contribution < 1.29 is 0 Å². The average molecular weight is 295 g/mol. The van der Waals surface area contributed by atoms with Crippen LogP contribution in [-0.2, 0) is 0 Å². The summed E-state index contributed by atoms with van der Waals surface area (Å²) < 4.78 is 0. The second kappa shape index (κ2) is 5.43. The lowest BCUT2D eigenvalue weighted by atomic mass is 9.85. The highest BCUT2D eigenvalue weighted by Gasteiger charge is 2.31. The minimum atomic E-state index is 0.662. The molecule has 108 valence electrons. The number of hydrogen-bond donors (Lipinski definition) is 0. The summed E-state index contributed by atoms with van der Waals surface area (Å²) in [5.41, 5.74) is 2.91. The van der Waals surface area contributed by atoms with Gasteiger partial charge in [-0.2, -0.15) is 0 Å². The van der Waals surface area contributed by atoms with Crippen molar-refractivity contribution in [2.75, 3.05) is 7.05 Å². The van der Waals surface area contributed by atoms with Gasteiger partial charge >= 0.3 is 0 Å². The molecule has 0 radical (unpaired) electrons. The lowest BCUT2D eigenvalue weighted by molar-refractivity contribution is 0.137. The molecule has 1 aromatic heterocycles. The van der Waals surface area contributed by atoms with Crippen molar-refractivity contribution in [3.63, 3.8) is 0 Å². The summed E-state index contributed by atoms with van der Waals surface area (Å²) in [6.45, 7) is 0. The van der Waals surface area contributed by atoms with Crippen LogP contribution in [0.3, 0.4) is 0 Å². The van der Waals surface area contributed by atoms with Crippen molar-refractivity contribution in [1.29, 1.82) is 0 Å². The Bertz CT molecular complexity index is 655. The lowest BCUT2D eigenvalue weighted by Gasteiger charge is -2.42. The smallest absolute Gasteiger partial charge is 0.0349 e. The molecule has 2 aliphatic heterocycles. The summed E-state index contributed by atoms with van der Waals surface area (Å²) in [6, 6.07) is 16.7. The summed E-state index contributed by atoms with van der Waals surface area (Å²) in [6.07, 6.45) is 7.83. The summed E-state index contributed by atoms with van der Waals surface area (Å²) in [4.78, 5) is 5.44. The monoisotopic (exact) mass is 295 g/mol. The fourth-order valence-corrected chi connectivity index (χ4v) is 4.74. The maximum Gasteiger partial charge on any atom is 0.0349 e. The third kappa shape index (κ3) is 2.47. The minimum Gasteiger partial charge on any atom is -0.297 e. The fraction of sp³-hybridized carbons (Fsp3) is 0.368. The highest BCUT2D eigenvalue weighted by molar-refractivity contribution is 7.16. The van der Waals surface area contributed by atoms with Crippen molar-refractivity contribution in [3.05, 3.63) is 53.4 Å². The number of likely N-dealkylation sites (N-methyl/N-ethyl adjacent to an activating group) is 1. The predicted molar refractivity (Wildman–Crippen MR) is 91.5 cm³/mol. The van der Waals surface area contributed by atoms with Crippen molar-refractivity contribution in [2.24, 2.45) is 0 Å². The van der Waals surface area contributed by atoms with Crippen molar-refractivity contribution in [2.45, 2.75) is 37.8 Å². The number of nitrogens with zero attached hydrogens (tertiary/aromatic N) is 1. The molecule has 4 rings (SSSR count). The van der Waals surface area contributed by atoms with Crippen molar-refractivity contribution in [1.82, 2.24) is 4.90 Å². The van der Waals surface area contributed by atoms with Crippen LogP contribution in [0.15, 0.2) is 48.5 Å². The van der Waals surface area contributed by atoms with E-state index in [1.165, 1.54) is 41.0 Å². The van der Waals surface area contributed by atoms with E-state index in [2.05, 4.69) is 60.5 Å². The quantitative estimate of drug-likeness (QED) is 0.749. The van der Waals surface area contributed by atoms with E-state index >= 15 is 0 Å². The van der Waals surface area contributed by atoms with E-state index in [9.17, 15) is 0 Å². The van der Waals surface area contributed by atoms with Crippen LogP contribution >= 0.6 is 11.3 Å². The number of benzene rings is 1. The number of rotatable bonds is 2. The zero-order valence-electron chi connectivity index (χ0n) is 12.5. The van der Waals surface area contributed by atoms with E-state index in [1.807, 2.05) is 11.3 Å². The fourth-order valence-electron chi connectivity index (χ4n) is 3.69. The zero-order valence-corrected chi connectivity index (χ0v) is 13.3. The molecule has 0 amide bonds. The Balaban J connectivity index is 1.64. The van der Waals surface area contributed by atoms with Gasteiger partial charge in [-0.1, -0.05) is 42.8 Å². The average Bonchev–Trinajstić information content (AvgIpc) is 2.98. The van der Waals surface area contributed by atoms with Crippen LogP contribution in [-0.4, -0.2) is 24.0 Å². The van der Waals surface area contributed by atoms with E-state index in [0.717, 1.165) is 6.04 Å². The topological polar surface area (TPSA) is 3.24 Å². The van der Waals surface area contributed by atoms with E-state index in [0.29, 0.717) is 6.04 Å². The molecule has 2 unspecified atom stereocenters. The molecule has 0 spiro atoms. The van der Waals surface area contributed by atoms with Gasteiger partial charge in [0.15, 0.2) is 0 Å². The molecule has 0 aliphatic carbocycles. The van der Waals surface area contributed by atoms with Gasteiger partial charge in [0.25, 0.3) is 0 Å². The number of fused-ring (bicyclic) bond motifs is 2. The largest absolute Gasteiger partial charge is 0.297 e. The number of hydrogen-bond acceptors (Lipinski definition) is 2. The lowest BCUT2D eigenvalue weighted by Crippen LogP contribution is -2.45. The van der Waals surface area contributed by atoms with Crippen LogP contribution in [0.4, 0.5) is 0 Å². The third-order valence-electron chi connectivity index (χ3n) is 4.97. The maximum absolute atomic E-state index is 2.58. The summed E-state index contributed by atoms with van der Waals surface area (Å²) in [5.74, 6) is 0. The maximum atomic E-state index is 2.58. The summed E-state index contributed by atoms with van der Waals surface area (Å²) >= 11 is 1.95. The third-order valence-corrected chi connectivity index (χ3v) is 6.18. The Kier molecular flexibility index (Phi) is 3.44. The second-order valence-corrected chi connectivity index (χ2v) is 7.33. The molecular weight excluding hydrogens is 274 g/mol. The first-order chi connectivity index (χ1) is 10.3. The Morgan fingerprint density at radius 2 is 1.81 bits per heavy atom. The van der Waals surface area contributed by atoms with Crippen molar-refractivity contribution >= 4 is 16.9 Å². The molecule has 2 heteroatoms. The van der Waals surface area contributed by atoms with Crippen LogP contribution in [0.5, 0.6) is 0 Å². The van der Waals surface area contributed by atoms with Gasteiger partial charge in [0.05, 0.1) is 0 Å². The first kappa shape index (κ1) is 13.3. The molecule has 1 saturated heterocycles. The molecule has 21 heavy (non-hydrogen) atoms. The normalized spacial score (nSPS) is 25.7. The van der Waals surface area contributed by atoms with E-state index in [1.54, 1.807) is 5.57 Å². The predicted octanol–water partition coefficient (Wildman–Crippen LogP) is 5.06. The van der Waals surface area contributed by atoms with E-state index in [-0.39, 0.29) is 0 Å². The standard InChI is InChI=1S/C19H21NS/c1-20-16-8-5-9-17(20)13-15(12-16)19-11-10-18(21-19)14-6-3-2-4-7-14/h2-4,6-7,10-12,16-17H,5,8-9,13H2,1H3. The Morgan fingerprint density at radius 1 is 1.00 bits per heavy atom. The molecule has 0 N–H and O–H groups in total. The molecule has 1 aromatic carbocycles. The zero-order chi connectivity index (χ0) is 14.2. The molecular formula is C19H21NS. The number of thiophene rings is 1. The molecule has 1 fully saturated rings. The molecule has 0 saturated carbocycles. The Morgan fingerprint density at radius 3 is 2.62 bits per heavy atom. The first-order valence-corrected chi connectivity index (χ1v) is 8.71. The van der Waals surface area contributed by atoms with Gasteiger partial charge in [-0.25, -0.2) is 0 Å². The van der Waals surface area contributed by atoms with Crippen molar-refractivity contribution in [3.8, 4) is 10.4 Å². The molecule has 3 heterocycles. The van der Waals surface area contributed by atoms with Gasteiger partial charge in [-0.3, -0.25) is 4.90 Å². The van der Waals surface area contributed by atoms with Crippen LogP contribution in [0.1, 0.15) is 30.6 Å². The summed E-state index contributed by atoms with van der Waals surface area (Å²) in [7, 11) is 2.30. The van der Waals surface area contributed by atoms with Gasteiger partial charge in [0, 0.05) is 21.8 Å². The van der Waals surface area contributed by atoms with Gasteiger partial charge in [0.1, 0.15) is 0 Å². The number of piperidine rings is 1.